The minimum Gasteiger partial charge on any atom is -0.481 e. The van der Waals surface area contributed by atoms with Gasteiger partial charge in [0.2, 0.25) is 5.91 Å². The van der Waals surface area contributed by atoms with Crippen molar-refractivity contribution < 1.29 is 14.7 Å². The maximum absolute atomic E-state index is 14.3. The number of hydrogen-bond donors (Lipinski definition) is 1. The van der Waals surface area contributed by atoms with Crippen LogP contribution in [-0.4, -0.2) is 27.9 Å². The summed E-state index contributed by atoms with van der Waals surface area (Å²) in [6, 6.07) is 15.2. The second kappa shape index (κ2) is 11.3. The lowest BCUT2D eigenvalue weighted by molar-refractivity contribution is -0.162. The number of carbonyl (C=O) groups excluding carboxylic acids is 1. The Hall–Kier alpha value is -2.04. The highest BCUT2D eigenvalue weighted by atomic mass is 35.5. The molecular formula is C29H37Cl2NO3. The molecule has 0 bridgehead atoms. The van der Waals surface area contributed by atoms with Crippen LogP contribution in [0.3, 0.4) is 0 Å². The summed E-state index contributed by atoms with van der Waals surface area (Å²) in [6.45, 7) is 10.5. The van der Waals surface area contributed by atoms with Crippen molar-refractivity contribution in [2.75, 3.05) is 0 Å². The van der Waals surface area contributed by atoms with Gasteiger partial charge in [0.15, 0.2) is 0 Å². The lowest BCUT2D eigenvalue weighted by Gasteiger charge is -2.53. The summed E-state index contributed by atoms with van der Waals surface area (Å²) in [7, 11) is 0. The molecule has 1 saturated heterocycles. The van der Waals surface area contributed by atoms with Crippen molar-refractivity contribution in [3.05, 3.63) is 69.7 Å². The number of rotatable bonds is 9. The van der Waals surface area contributed by atoms with E-state index < -0.39 is 11.4 Å². The van der Waals surface area contributed by atoms with Gasteiger partial charge in [-0.3, -0.25) is 9.59 Å². The van der Waals surface area contributed by atoms with E-state index in [1.54, 1.807) is 0 Å². The molecule has 1 aliphatic heterocycles. The van der Waals surface area contributed by atoms with Crippen molar-refractivity contribution in [2.24, 2.45) is 17.3 Å². The Labute approximate surface area is 219 Å². The minimum absolute atomic E-state index is 0.0271. The number of carboxylic acids is 1. The average Bonchev–Trinajstić information content (AvgIpc) is 2.76. The molecule has 1 fully saturated rings. The molecule has 1 amide bonds. The van der Waals surface area contributed by atoms with E-state index >= 15 is 0 Å². The van der Waals surface area contributed by atoms with Crippen LogP contribution in [0, 0.1) is 17.3 Å². The van der Waals surface area contributed by atoms with Gasteiger partial charge in [0, 0.05) is 22.0 Å². The van der Waals surface area contributed by atoms with E-state index in [2.05, 4.69) is 27.7 Å². The first-order valence-electron chi connectivity index (χ1n) is 12.5. The zero-order chi connectivity index (χ0) is 25.9. The SMILES string of the molecule is CC(C)CC[C@H](C(C)C)N1C(=O)[C@@](C)(CC(=O)O)C[C@H](c2cccc(Cl)c2)[C@H]1c1ccc(Cl)cc1. The molecule has 0 spiro atoms. The van der Waals surface area contributed by atoms with E-state index in [0.717, 1.165) is 24.0 Å². The number of carboxylic acid groups (broad SMARTS) is 1. The van der Waals surface area contributed by atoms with E-state index in [4.69, 9.17) is 23.2 Å². The van der Waals surface area contributed by atoms with Crippen molar-refractivity contribution in [1.29, 1.82) is 0 Å². The number of likely N-dealkylation sites (tertiary alicyclic amines) is 1. The first kappa shape index (κ1) is 27.5. The number of aliphatic carboxylic acids is 1. The molecule has 35 heavy (non-hydrogen) atoms. The lowest BCUT2D eigenvalue weighted by Crippen LogP contribution is -2.57. The van der Waals surface area contributed by atoms with Crippen LogP contribution in [-0.2, 0) is 9.59 Å². The van der Waals surface area contributed by atoms with Crippen LogP contribution in [0.25, 0.3) is 0 Å². The molecule has 3 rings (SSSR count). The molecule has 0 aliphatic carbocycles. The number of hydrogen-bond acceptors (Lipinski definition) is 2. The monoisotopic (exact) mass is 517 g/mol. The molecule has 4 nitrogen and oxygen atoms in total. The standard InChI is InChI=1S/C29H37Cl2NO3/c1-18(2)9-14-25(19(3)4)32-27(20-10-12-22(30)13-11-20)24(21-7-6-8-23(31)15-21)16-29(5,28(32)35)17-26(33)34/h6-8,10-13,15,18-19,24-25,27H,9,14,16-17H2,1-5H3,(H,33,34)/t24-,25-,27-,29-/m1/s1. The van der Waals surface area contributed by atoms with Gasteiger partial charge < -0.3 is 10.0 Å². The minimum atomic E-state index is -1.02. The van der Waals surface area contributed by atoms with E-state index in [1.807, 2.05) is 60.4 Å². The van der Waals surface area contributed by atoms with Gasteiger partial charge >= 0.3 is 5.97 Å². The molecule has 2 aromatic carbocycles. The maximum atomic E-state index is 14.3. The van der Waals surface area contributed by atoms with Crippen molar-refractivity contribution in [3.63, 3.8) is 0 Å². The molecular weight excluding hydrogens is 481 g/mol. The Kier molecular flexibility index (Phi) is 8.93. The third kappa shape index (κ3) is 6.40. The van der Waals surface area contributed by atoms with Crippen LogP contribution >= 0.6 is 23.2 Å². The Balaban J connectivity index is 2.24. The van der Waals surface area contributed by atoms with Crippen LogP contribution in [0.1, 0.15) is 83.4 Å². The number of nitrogens with zero attached hydrogens (tertiary/aromatic N) is 1. The van der Waals surface area contributed by atoms with Gasteiger partial charge in [0.05, 0.1) is 17.9 Å². The highest BCUT2D eigenvalue weighted by Gasteiger charge is 2.52. The molecule has 0 unspecified atom stereocenters. The summed E-state index contributed by atoms with van der Waals surface area (Å²) in [6.07, 6.45) is 2.06. The third-order valence-electron chi connectivity index (χ3n) is 7.30. The topological polar surface area (TPSA) is 57.6 Å². The van der Waals surface area contributed by atoms with Crippen LogP contribution in [0.15, 0.2) is 48.5 Å². The van der Waals surface area contributed by atoms with Crippen molar-refractivity contribution in [3.8, 4) is 0 Å². The second-order valence-corrected chi connectivity index (χ2v) is 11.9. The predicted molar refractivity (Wildman–Crippen MR) is 143 cm³/mol. The summed E-state index contributed by atoms with van der Waals surface area (Å²) in [5.41, 5.74) is 0.991. The molecule has 1 heterocycles. The van der Waals surface area contributed by atoms with Crippen molar-refractivity contribution in [2.45, 2.75) is 78.3 Å². The fraction of sp³-hybridized carbons (Fsp3) is 0.517. The first-order valence-corrected chi connectivity index (χ1v) is 13.2. The van der Waals surface area contributed by atoms with Gasteiger partial charge in [-0.05, 0) is 66.5 Å². The molecule has 2 aromatic rings. The predicted octanol–water partition coefficient (Wildman–Crippen LogP) is 7.99. The van der Waals surface area contributed by atoms with Crippen LogP contribution in [0.4, 0.5) is 0 Å². The number of benzene rings is 2. The normalized spacial score (nSPS) is 23.7. The summed E-state index contributed by atoms with van der Waals surface area (Å²) >= 11 is 12.6. The molecule has 0 saturated carbocycles. The molecule has 0 aromatic heterocycles. The lowest BCUT2D eigenvalue weighted by atomic mass is 9.66. The molecule has 1 aliphatic rings. The zero-order valence-corrected chi connectivity index (χ0v) is 22.8. The smallest absolute Gasteiger partial charge is 0.304 e. The highest BCUT2D eigenvalue weighted by Crippen LogP contribution is 2.52. The first-order chi connectivity index (χ1) is 16.4. The fourth-order valence-electron chi connectivity index (χ4n) is 5.54. The summed E-state index contributed by atoms with van der Waals surface area (Å²) in [5.74, 6) is -0.449. The highest BCUT2D eigenvalue weighted by molar-refractivity contribution is 6.30. The Morgan fingerprint density at radius 2 is 1.69 bits per heavy atom. The Morgan fingerprint density at radius 1 is 1.03 bits per heavy atom. The fourth-order valence-corrected chi connectivity index (χ4v) is 5.87. The number of carbonyl (C=O) groups is 2. The Bertz CT molecular complexity index is 1040. The van der Waals surface area contributed by atoms with Gasteiger partial charge in [-0.25, -0.2) is 0 Å². The Morgan fingerprint density at radius 3 is 2.23 bits per heavy atom. The molecule has 1 N–H and O–H groups in total. The van der Waals surface area contributed by atoms with E-state index in [9.17, 15) is 14.7 Å². The van der Waals surface area contributed by atoms with Gasteiger partial charge in [-0.2, -0.15) is 0 Å². The second-order valence-electron chi connectivity index (χ2n) is 11.0. The van der Waals surface area contributed by atoms with Gasteiger partial charge in [0.1, 0.15) is 0 Å². The molecule has 190 valence electrons. The van der Waals surface area contributed by atoms with Gasteiger partial charge in [-0.1, -0.05) is 82.1 Å². The van der Waals surface area contributed by atoms with Gasteiger partial charge in [0.25, 0.3) is 0 Å². The zero-order valence-electron chi connectivity index (χ0n) is 21.3. The van der Waals surface area contributed by atoms with Crippen molar-refractivity contribution >= 4 is 35.1 Å². The number of piperidine rings is 1. The van der Waals surface area contributed by atoms with Crippen molar-refractivity contribution in [1.82, 2.24) is 4.90 Å². The average molecular weight is 519 g/mol. The number of amides is 1. The third-order valence-corrected chi connectivity index (χ3v) is 7.79. The number of halogens is 2. The van der Waals surface area contributed by atoms with Crippen LogP contribution in [0.5, 0.6) is 0 Å². The quantitative estimate of drug-likeness (QED) is 0.366. The summed E-state index contributed by atoms with van der Waals surface area (Å²) < 4.78 is 0. The summed E-state index contributed by atoms with van der Waals surface area (Å²) in [4.78, 5) is 28.2. The molecule has 6 heteroatoms. The van der Waals surface area contributed by atoms with Crippen LogP contribution < -0.4 is 0 Å². The van der Waals surface area contributed by atoms with Gasteiger partial charge in [-0.15, -0.1) is 0 Å². The molecule has 4 atom stereocenters. The van der Waals surface area contributed by atoms with E-state index in [-0.39, 0.29) is 36.2 Å². The van der Waals surface area contributed by atoms with E-state index in [1.165, 1.54) is 0 Å². The molecule has 0 radical (unpaired) electrons. The van der Waals surface area contributed by atoms with E-state index in [0.29, 0.717) is 22.4 Å². The maximum Gasteiger partial charge on any atom is 0.304 e. The summed E-state index contributed by atoms with van der Waals surface area (Å²) in [5, 5.41) is 11.0. The van der Waals surface area contributed by atoms with Crippen LogP contribution in [0.2, 0.25) is 10.0 Å². The largest absolute Gasteiger partial charge is 0.481 e.